The fourth-order valence-electron chi connectivity index (χ4n) is 2.10. The van der Waals surface area contributed by atoms with Gasteiger partial charge < -0.3 is 10.1 Å². The summed E-state index contributed by atoms with van der Waals surface area (Å²) in [7, 11) is 0. The van der Waals surface area contributed by atoms with Crippen molar-refractivity contribution in [2.45, 2.75) is 33.2 Å². The summed E-state index contributed by atoms with van der Waals surface area (Å²) in [4.78, 5) is 35.7. The molecule has 0 radical (unpaired) electrons. The van der Waals surface area contributed by atoms with Gasteiger partial charge in [-0.05, 0) is 25.3 Å². The highest BCUT2D eigenvalue weighted by Crippen LogP contribution is 2.18. The topological polar surface area (TPSA) is 135 Å². The number of ether oxygens (including phenoxy) is 1. The quantitative estimate of drug-likeness (QED) is 0.648. The van der Waals surface area contributed by atoms with Crippen LogP contribution in [0, 0.1) is 5.92 Å². The summed E-state index contributed by atoms with van der Waals surface area (Å²) in [5.74, 6) is 0.359. The fourth-order valence-corrected chi connectivity index (χ4v) is 2.10. The zero-order chi connectivity index (χ0) is 18.2. The van der Waals surface area contributed by atoms with Crippen LogP contribution in [-0.4, -0.2) is 43.8 Å². The first-order chi connectivity index (χ1) is 12.0. The van der Waals surface area contributed by atoms with Crippen LogP contribution >= 0.6 is 0 Å². The highest BCUT2D eigenvalue weighted by atomic mass is 16.5. The number of nitrogens with one attached hydrogen (secondary N) is 3. The van der Waals surface area contributed by atoms with Crippen LogP contribution in [0.15, 0.2) is 18.6 Å². The number of anilines is 1. The van der Waals surface area contributed by atoms with Crippen molar-refractivity contribution in [2.75, 3.05) is 11.9 Å². The second-order valence-corrected chi connectivity index (χ2v) is 5.64. The average Bonchev–Trinajstić information content (AvgIpc) is 3.05. The smallest absolute Gasteiger partial charge is 0.378 e. The van der Waals surface area contributed by atoms with Gasteiger partial charge in [0.05, 0.1) is 12.6 Å². The number of esters is 1. The van der Waals surface area contributed by atoms with Crippen molar-refractivity contribution in [3.05, 3.63) is 30.2 Å². The first-order valence-electron chi connectivity index (χ1n) is 7.92. The number of carbonyl (C=O) groups is 2. The van der Waals surface area contributed by atoms with Crippen LogP contribution in [0.3, 0.4) is 0 Å². The molecule has 2 aromatic rings. The largest absolute Gasteiger partial charge is 0.460 e. The Balaban J connectivity index is 2.08. The number of hydrogen-bond donors (Lipinski definition) is 3. The van der Waals surface area contributed by atoms with Gasteiger partial charge in [-0.15, -0.1) is 5.10 Å². The lowest BCUT2D eigenvalue weighted by atomic mass is 10.0. The summed E-state index contributed by atoms with van der Waals surface area (Å²) >= 11 is 0. The van der Waals surface area contributed by atoms with E-state index in [0.717, 1.165) is 0 Å². The third-order valence-corrected chi connectivity index (χ3v) is 3.13. The summed E-state index contributed by atoms with van der Waals surface area (Å²) < 4.78 is 4.86. The van der Waals surface area contributed by atoms with Gasteiger partial charge in [0.15, 0.2) is 0 Å². The molecule has 0 aliphatic heterocycles. The average molecular weight is 347 g/mol. The Morgan fingerprint density at radius 3 is 2.80 bits per heavy atom. The van der Waals surface area contributed by atoms with Gasteiger partial charge in [0.25, 0.3) is 5.82 Å². The van der Waals surface area contributed by atoms with Crippen LogP contribution < -0.4 is 10.6 Å². The molecular formula is C15H21N7O3. The molecule has 134 valence electrons. The Morgan fingerprint density at radius 2 is 2.16 bits per heavy atom. The number of rotatable bonds is 7. The molecule has 10 nitrogen and oxygen atoms in total. The lowest BCUT2D eigenvalue weighted by molar-refractivity contribution is 0.0512. The minimum Gasteiger partial charge on any atom is -0.460 e. The third-order valence-electron chi connectivity index (χ3n) is 3.13. The van der Waals surface area contributed by atoms with Gasteiger partial charge >= 0.3 is 12.0 Å². The van der Waals surface area contributed by atoms with E-state index in [1.165, 1.54) is 12.5 Å². The molecule has 3 N–H and O–H groups in total. The van der Waals surface area contributed by atoms with Gasteiger partial charge in [-0.1, -0.05) is 13.8 Å². The summed E-state index contributed by atoms with van der Waals surface area (Å²) in [6.07, 6.45) is 3.47. The Labute approximate surface area is 144 Å². The Kier molecular flexibility index (Phi) is 6.38. The molecule has 10 heteroatoms. The van der Waals surface area contributed by atoms with E-state index in [1.807, 2.05) is 13.8 Å². The van der Waals surface area contributed by atoms with Crippen LogP contribution in [0.5, 0.6) is 0 Å². The van der Waals surface area contributed by atoms with Crippen molar-refractivity contribution in [1.82, 2.24) is 30.5 Å². The van der Waals surface area contributed by atoms with E-state index < -0.39 is 18.0 Å². The molecule has 0 aromatic carbocycles. The molecule has 0 aliphatic rings. The van der Waals surface area contributed by atoms with Gasteiger partial charge in [0.2, 0.25) is 0 Å². The van der Waals surface area contributed by atoms with Crippen LogP contribution in [0.1, 0.15) is 49.7 Å². The van der Waals surface area contributed by atoms with Gasteiger partial charge in [-0.25, -0.2) is 24.5 Å². The van der Waals surface area contributed by atoms with Crippen molar-refractivity contribution >= 4 is 17.8 Å². The third kappa shape index (κ3) is 5.52. The Bertz CT molecular complexity index is 702. The summed E-state index contributed by atoms with van der Waals surface area (Å²) in [5, 5.41) is 12.0. The molecule has 1 atom stereocenters. The SMILES string of the molecule is CCOC(=O)c1n[nH]c(C(CC(C)C)NC(=O)Nc2ccncn2)n1. The molecule has 0 saturated heterocycles. The number of aromatic amines is 1. The first kappa shape index (κ1) is 18.3. The first-order valence-corrected chi connectivity index (χ1v) is 7.92. The van der Waals surface area contributed by atoms with Crippen molar-refractivity contribution in [3.63, 3.8) is 0 Å². The van der Waals surface area contributed by atoms with Gasteiger partial charge in [0, 0.05) is 6.20 Å². The second kappa shape index (κ2) is 8.71. The number of H-pyrrole nitrogens is 1. The van der Waals surface area contributed by atoms with E-state index in [1.54, 1.807) is 13.0 Å². The highest BCUT2D eigenvalue weighted by molar-refractivity contribution is 5.88. The fraction of sp³-hybridized carbons (Fsp3) is 0.467. The minimum absolute atomic E-state index is 0.0661. The number of aromatic nitrogens is 5. The number of carbonyl (C=O) groups excluding carboxylic acids is 2. The van der Waals surface area contributed by atoms with E-state index in [9.17, 15) is 9.59 Å². The van der Waals surface area contributed by atoms with Gasteiger partial charge in [-0.2, -0.15) is 0 Å². The van der Waals surface area contributed by atoms with Gasteiger partial charge in [0.1, 0.15) is 18.0 Å². The molecule has 0 bridgehead atoms. The lowest BCUT2D eigenvalue weighted by Crippen LogP contribution is -2.34. The number of nitrogens with zero attached hydrogens (tertiary/aromatic N) is 4. The van der Waals surface area contributed by atoms with Crippen LogP contribution in [0.25, 0.3) is 0 Å². The molecule has 2 heterocycles. The molecular weight excluding hydrogens is 326 g/mol. The summed E-state index contributed by atoms with van der Waals surface area (Å²) in [6.45, 7) is 5.96. The predicted octanol–water partition coefficient (Wildman–Crippen LogP) is 1.68. The molecule has 2 rings (SSSR count). The monoisotopic (exact) mass is 347 g/mol. The minimum atomic E-state index is -0.612. The number of hydrogen-bond acceptors (Lipinski definition) is 7. The van der Waals surface area contributed by atoms with E-state index in [-0.39, 0.29) is 18.3 Å². The second-order valence-electron chi connectivity index (χ2n) is 5.64. The van der Waals surface area contributed by atoms with E-state index in [4.69, 9.17) is 4.74 Å². The van der Waals surface area contributed by atoms with E-state index in [2.05, 4.69) is 35.8 Å². The molecule has 2 aromatic heterocycles. The maximum Gasteiger partial charge on any atom is 0.378 e. The maximum atomic E-state index is 12.2. The summed E-state index contributed by atoms with van der Waals surface area (Å²) in [6, 6.07) is 0.681. The van der Waals surface area contributed by atoms with Crippen molar-refractivity contribution in [1.29, 1.82) is 0 Å². The highest BCUT2D eigenvalue weighted by Gasteiger charge is 2.22. The molecule has 0 fully saturated rings. The predicted molar refractivity (Wildman–Crippen MR) is 88.7 cm³/mol. The van der Waals surface area contributed by atoms with Crippen molar-refractivity contribution in [3.8, 4) is 0 Å². The van der Waals surface area contributed by atoms with E-state index in [0.29, 0.717) is 18.1 Å². The summed E-state index contributed by atoms with van der Waals surface area (Å²) in [5.41, 5.74) is 0. The molecule has 0 saturated carbocycles. The lowest BCUT2D eigenvalue weighted by Gasteiger charge is -2.18. The molecule has 2 amide bonds. The number of amides is 2. The molecule has 0 aliphatic carbocycles. The van der Waals surface area contributed by atoms with Crippen LogP contribution in [0.4, 0.5) is 10.6 Å². The Morgan fingerprint density at radius 1 is 1.36 bits per heavy atom. The van der Waals surface area contributed by atoms with Crippen LogP contribution in [0.2, 0.25) is 0 Å². The van der Waals surface area contributed by atoms with Gasteiger partial charge in [-0.3, -0.25) is 10.4 Å². The van der Waals surface area contributed by atoms with Crippen LogP contribution in [-0.2, 0) is 4.74 Å². The zero-order valence-electron chi connectivity index (χ0n) is 14.3. The number of urea groups is 1. The maximum absolute atomic E-state index is 12.2. The molecule has 25 heavy (non-hydrogen) atoms. The molecule has 0 spiro atoms. The van der Waals surface area contributed by atoms with E-state index >= 15 is 0 Å². The standard InChI is InChI=1S/C15H21N7O3/c1-4-25-14(23)13-20-12(21-22-13)10(7-9(2)3)18-15(24)19-11-5-6-16-8-17-11/h5-6,8-10H,4,7H2,1-3H3,(H,20,21,22)(H2,16,17,18,19,24). The Hall–Kier alpha value is -3.04. The normalized spacial score (nSPS) is 11.8. The zero-order valence-corrected chi connectivity index (χ0v) is 14.3. The van der Waals surface area contributed by atoms with Crippen molar-refractivity contribution < 1.29 is 14.3 Å². The molecule has 1 unspecified atom stereocenters. The van der Waals surface area contributed by atoms with Crippen molar-refractivity contribution in [2.24, 2.45) is 5.92 Å².